The van der Waals surface area contributed by atoms with Gasteiger partial charge in [-0.15, -0.1) is 0 Å². The number of benzene rings is 3. The first kappa shape index (κ1) is 22.0. The molecule has 3 aromatic rings. The second-order valence-corrected chi connectivity index (χ2v) is 8.70. The summed E-state index contributed by atoms with van der Waals surface area (Å²) in [6.45, 7) is 1.46. The van der Waals surface area contributed by atoms with E-state index in [-0.39, 0.29) is 10.5 Å². The third kappa shape index (κ3) is 5.29. The monoisotopic (exact) mass is 438 g/mol. The molecule has 0 aliphatic rings. The summed E-state index contributed by atoms with van der Waals surface area (Å²) in [6.07, 6.45) is -1.03. The lowest BCUT2D eigenvalue weighted by Gasteiger charge is -2.19. The van der Waals surface area contributed by atoms with Crippen LogP contribution >= 0.6 is 0 Å². The van der Waals surface area contributed by atoms with Crippen LogP contribution in [0.25, 0.3) is 0 Å². The van der Waals surface area contributed by atoms with Crippen LogP contribution in [0.1, 0.15) is 17.3 Å². The summed E-state index contributed by atoms with van der Waals surface area (Å²) in [5.74, 6) is -1.20. The van der Waals surface area contributed by atoms with Crippen LogP contribution in [0.4, 0.5) is 11.4 Å². The number of sulfonamides is 1. The molecule has 1 atom stereocenters. The van der Waals surface area contributed by atoms with Crippen molar-refractivity contribution < 1.29 is 22.7 Å². The lowest BCUT2D eigenvalue weighted by Crippen LogP contribution is -2.30. The number of carbonyl (C=O) groups excluding carboxylic acids is 2. The molecule has 0 fully saturated rings. The van der Waals surface area contributed by atoms with Gasteiger partial charge in [0.1, 0.15) is 0 Å². The minimum Gasteiger partial charge on any atom is -0.449 e. The van der Waals surface area contributed by atoms with Crippen LogP contribution < -0.4 is 9.62 Å². The molecule has 0 bridgehead atoms. The molecule has 7 nitrogen and oxygen atoms in total. The Morgan fingerprint density at radius 2 is 1.42 bits per heavy atom. The summed E-state index contributed by atoms with van der Waals surface area (Å²) in [5.41, 5.74) is 1.25. The highest BCUT2D eigenvalue weighted by Crippen LogP contribution is 2.22. The van der Waals surface area contributed by atoms with E-state index in [9.17, 15) is 18.0 Å². The van der Waals surface area contributed by atoms with Crippen molar-refractivity contribution in [3.63, 3.8) is 0 Å². The second-order valence-electron chi connectivity index (χ2n) is 6.74. The molecule has 0 heterocycles. The van der Waals surface area contributed by atoms with E-state index >= 15 is 0 Å². The van der Waals surface area contributed by atoms with Crippen molar-refractivity contribution in [1.82, 2.24) is 0 Å². The number of carbonyl (C=O) groups is 2. The van der Waals surface area contributed by atoms with E-state index in [0.717, 1.165) is 4.31 Å². The van der Waals surface area contributed by atoms with Gasteiger partial charge < -0.3 is 10.1 Å². The van der Waals surface area contributed by atoms with Crippen LogP contribution in [0.15, 0.2) is 89.8 Å². The van der Waals surface area contributed by atoms with Crippen LogP contribution in [0.2, 0.25) is 0 Å². The molecule has 0 aliphatic carbocycles. The van der Waals surface area contributed by atoms with Crippen LogP contribution in [0.3, 0.4) is 0 Å². The molecule has 3 aromatic carbocycles. The van der Waals surface area contributed by atoms with Gasteiger partial charge in [-0.1, -0.05) is 36.4 Å². The molecule has 0 saturated heterocycles. The number of para-hydroxylation sites is 2. The van der Waals surface area contributed by atoms with Gasteiger partial charge in [0, 0.05) is 12.7 Å². The molecule has 1 amide bonds. The standard InChI is InChI=1S/C23H22N2O5S/c1-17(22(26)24-19-9-5-3-6-10-19)30-23(27)18-13-15-21(16-14-18)31(28,29)25(2)20-11-7-4-8-12-20/h3-17H,1-2H3,(H,24,26)/t17-/m1/s1. The molecular weight excluding hydrogens is 416 g/mol. The van der Waals surface area contributed by atoms with Gasteiger partial charge >= 0.3 is 5.97 Å². The van der Waals surface area contributed by atoms with Gasteiger partial charge in [0.25, 0.3) is 15.9 Å². The molecule has 0 spiro atoms. The zero-order valence-electron chi connectivity index (χ0n) is 17.1. The van der Waals surface area contributed by atoms with E-state index in [4.69, 9.17) is 4.74 Å². The number of ether oxygens (including phenoxy) is 1. The maximum atomic E-state index is 12.8. The van der Waals surface area contributed by atoms with Crippen molar-refractivity contribution in [1.29, 1.82) is 0 Å². The smallest absolute Gasteiger partial charge is 0.338 e. The molecule has 0 unspecified atom stereocenters. The summed E-state index contributed by atoms with van der Waals surface area (Å²) in [5, 5.41) is 2.65. The van der Waals surface area contributed by atoms with E-state index in [1.165, 1.54) is 38.2 Å². The molecule has 0 aliphatic heterocycles. The van der Waals surface area contributed by atoms with Gasteiger partial charge in [-0.2, -0.15) is 0 Å². The molecule has 31 heavy (non-hydrogen) atoms. The molecular formula is C23H22N2O5S. The minimum atomic E-state index is -3.79. The third-order valence-electron chi connectivity index (χ3n) is 4.56. The highest BCUT2D eigenvalue weighted by Gasteiger charge is 2.23. The van der Waals surface area contributed by atoms with E-state index < -0.39 is 28.0 Å². The number of rotatable bonds is 7. The first-order valence-electron chi connectivity index (χ1n) is 9.50. The van der Waals surface area contributed by atoms with E-state index in [0.29, 0.717) is 11.4 Å². The Bertz CT molecular complexity index is 1150. The molecule has 160 valence electrons. The normalized spacial score (nSPS) is 11.9. The van der Waals surface area contributed by atoms with Crippen molar-refractivity contribution in [3.8, 4) is 0 Å². The largest absolute Gasteiger partial charge is 0.449 e. The average Bonchev–Trinajstić information content (AvgIpc) is 2.79. The Morgan fingerprint density at radius 1 is 0.871 bits per heavy atom. The fraction of sp³-hybridized carbons (Fsp3) is 0.130. The Hall–Kier alpha value is -3.65. The first-order chi connectivity index (χ1) is 14.8. The van der Waals surface area contributed by atoms with Crippen molar-refractivity contribution in [2.45, 2.75) is 17.9 Å². The summed E-state index contributed by atoms with van der Waals surface area (Å²) in [7, 11) is -2.33. The highest BCUT2D eigenvalue weighted by atomic mass is 32.2. The zero-order valence-corrected chi connectivity index (χ0v) is 17.9. The van der Waals surface area contributed by atoms with E-state index in [1.54, 1.807) is 54.6 Å². The van der Waals surface area contributed by atoms with Crippen molar-refractivity contribution in [2.75, 3.05) is 16.7 Å². The van der Waals surface area contributed by atoms with Crippen LogP contribution in [-0.4, -0.2) is 33.4 Å². The SMILES string of the molecule is C[C@@H](OC(=O)c1ccc(S(=O)(=O)N(C)c2ccccc2)cc1)C(=O)Nc1ccccc1. The number of nitrogens with zero attached hydrogens (tertiary/aromatic N) is 1. The van der Waals surface area contributed by atoms with E-state index in [1.807, 2.05) is 6.07 Å². The van der Waals surface area contributed by atoms with Crippen LogP contribution in [-0.2, 0) is 19.6 Å². The second kappa shape index (κ2) is 9.44. The number of anilines is 2. The van der Waals surface area contributed by atoms with Gasteiger partial charge in [-0.05, 0) is 55.5 Å². The fourth-order valence-electron chi connectivity index (χ4n) is 2.75. The predicted molar refractivity (Wildman–Crippen MR) is 118 cm³/mol. The Kier molecular flexibility index (Phi) is 6.71. The first-order valence-corrected chi connectivity index (χ1v) is 10.9. The summed E-state index contributed by atoms with van der Waals surface area (Å²) in [4.78, 5) is 24.6. The molecule has 3 rings (SSSR count). The van der Waals surface area contributed by atoms with E-state index in [2.05, 4.69) is 5.32 Å². The van der Waals surface area contributed by atoms with Gasteiger partial charge in [0.15, 0.2) is 6.10 Å². The summed E-state index contributed by atoms with van der Waals surface area (Å²) < 4.78 is 32.0. The lowest BCUT2D eigenvalue weighted by molar-refractivity contribution is -0.123. The number of esters is 1. The van der Waals surface area contributed by atoms with Crippen LogP contribution in [0, 0.1) is 0 Å². The highest BCUT2D eigenvalue weighted by molar-refractivity contribution is 7.92. The molecule has 0 saturated carbocycles. The van der Waals surface area contributed by atoms with Gasteiger partial charge in [-0.3, -0.25) is 9.10 Å². The molecule has 1 N–H and O–H groups in total. The fourth-order valence-corrected chi connectivity index (χ4v) is 3.94. The topological polar surface area (TPSA) is 92.8 Å². The summed E-state index contributed by atoms with van der Waals surface area (Å²) in [6, 6.07) is 22.9. The van der Waals surface area contributed by atoms with Gasteiger partial charge in [0.05, 0.1) is 16.1 Å². The maximum absolute atomic E-state index is 12.8. The number of hydrogen-bond acceptors (Lipinski definition) is 5. The molecule has 8 heteroatoms. The number of amides is 1. The quantitative estimate of drug-likeness (QED) is 0.568. The van der Waals surface area contributed by atoms with Gasteiger partial charge in [0.2, 0.25) is 0 Å². The van der Waals surface area contributed by atoms with Crippen molar-refractivity contribution in [3.05, 3.63) is 90.5 Å². The van der Waals surface area contributed by atoms with Gasteiger partial charge in [-0.25, -0.2) is 13.2 Å². The maximum Gasteiger partial charge on any atom is 0.338 e. The Balaban J connectivity index is 1.66. The lowest BCUT2D eigenvalue weighted by atomic mass is 10.2. The number of nitrogens with one attached hydrogen (secondary N) is 1. The predicted octanol–water partition coefficient (Wildman–Crippen LogP) is 3.70. The molecule has 0 aromatic heterocycles. The third-order valence-corrected chi connectivity index (χ3v) is 6.36. The zero-order chi connectivity index (χ0) is 22.4. The van der Waals surface area contributed by atoms with Crippen molar-refractivity contribution in [2.24, 2.45) is 0 Å². The molecule has 0 radical (unpaired) electrons. The summed E-state index contributed by atoms with van der Waals surface area (Å²) >= 11 is 0. The Morgan fingerprint density at radius 3 is 2.00 bits per heavy atom. The van der Waals surface area contributed by atoms with Crippen LogP contribution in [0.5, 0.6) is 0 Å². The van der Waals surface area contributed by atoms with Crippen molar-refractivity contribution >= 4 is 33.3 Å². The number of hydrogen-bond donors (Lipinski definition) is 1. The minimum absolute atomic E-state index is 0.0327. The Labute approximate surface area is 181 Å². The average molecular weight is 439 g/mol.